The third kappa shape index (κ3) is 4.61. The molecule has 5 nitrogen and oxygen atoms in total. The Morgan fingerprint density at radius 1 is 1.08 bits per heavy atom. The Kier molecular flexibility index (Phi) is 5.86. The van der Waals surface area contributed by atoms with E-state index in [0.717, 1.165) is 20.9 Å². The van der Waals surface area contributed by atoms with Crippen molar-refractivity contribution in [3.8, 4) is 10.4 Å². The highest BCUT2D eigenvalue weighted by Crippen LogP contribution is 2.28. The fourth-order valence-electron chi connectivity index (χ4n) is 2.54. The molecule has 1 atom stereocenters. The number of carbonyl (C=O) groups is 2. The van der Waals surface area contributed by atoms with Gasteiger partial charge in [0.25, 0.3) is 0 Å². The molecule has 2 N–H and O–H groups in total. The quantitative estimate of drug-likeness (QED) is 0.654. The van der Waals surface area contributed by atoms with Gasteiger partial charge in [0.1, 0.15) is 0 Å². The molecule has 2 aromatic heterocycles. The molecule has 134 valence electrons. The van der Waals surface area contributed by atoms with Crippen molar-refractivity contribution in [2.24, 2.45) is 0 Å². The maximum Gasteiger partial charge on any atom is 0.309 e. The minimum absolute atomic E-state index is 0.218. The van der Waals surface area contributed by atoms with Crippen molar-refractivity contribution in [1.29, 1.82) is 0 Å². The number of furan rings is 1. The molecule has 0 fully saturated rings. The van der Waals surface area contributed by atoms with E-state index < -0.39 is 11.8 Å². The van der Waals surface area contributed by atoms with E-state index in [-0.39, 0.29) is 6.04 Å². The van der Waals surface area contributed by atoms with E-state index in [4.69, 9.17) is 4.42 Å². The molecule has 2 amide bonds. The van der Waals surface area contributed by atoms with Crippen molar-refractivity contribution in [3.63, 3.8) is 0 Å². The standard InChI is InChI=1S/C20H20N2O3S/c1-14(15-5-3-2-4-6-15)22-20(24)19(23)21-11-9-17-7-8-18(26-17)16-10-12-25-13-16/h2-8,10,12-14H,9,11H2,1H3,(H,21,23)(H,22,24)/t14-/m0/s1. The predicted octanol–water partition coefficient (Wildman–Crippen LogP) is 3.54. The summed E-state index contributed by atoms with van der Waals surface area (Å²) in [6, 6.07) is 15.3. The second kappa shape index (κ2) is 8.49. The lowest BCUT2D eigenvalue weighted by Gasteiger charge is -2.13. The van der Waals surface area contributed by atoms with E-state index in [2.05, 4.69) is 10.6 Å². The van der Waals surface area contributed by atoms with Crippen LogP contribution >= 0.6 is 11.3 Å². The molecule has 0 bridgehead atoms. The lowest BCUT2D eigenvalue weighted by atomic mass is 10.1. The van der Waals surface area contributed by atoms with Crippen LogP contribution in [0.5, 0.6) is 0 Å². The second-order valence-corrected chi connectivity index (χ2v) is 7.06. The number of amides is 2. The molecule has 0 aliphatic heterocycles. The molecule has 0 saturated heterocycles. The number of benzene rings is 1. The van der Waals surface area contributed by atoms with Crippen LogP contribution in [0, 0.1) is 0 Å². The van der Waals surface area contributed by atoms with Crippen LogP contribution in [0.4, 0.5) is 0 Å². The first-order chi connectivity index (χ1) is 12.6. The van der Waals surface area contributed by atoms with Crippen LogP contribution in [-0.2, 0) is 16.0 Å². The van der Waals surface area contributed by atoms with Gasteiger partial charge in [0.15, 0.2) is 0 Å². The molecule has 2 heterocycles. The summed E-state index contributed by atoms with van der Waals surface area (Å²) in [4.78, 5) is 26.2. The number of rotatable bonds is 6. The first-order valence-electron chi connectivity index (χ1n) is 8.38. The Hall–Kier alpha value is -2.86. The summed E-state index contributed by atoms with van der Waals surface area (Å²) in [5, 5.41) is 5.38. The molecule has 3 rings (SSSR count). The number of hydrogen-bond acceptors (Lipinski definition) is 4. The highest BCUT2D eigenvalue weighted by Gasteiger charge is 2.16. The minimum atomic E-state index is -0.619. The van der Waals surface area contributed by atoms with Crippen LogP contribution in [0.3, 0.4) is 0 Å². The molecule has 0 radical (unpaired) electrons. The summed E-state index contributed by atoms with van der Waals surface area (Å²) >= 11 is 1.65. The minimum Gasteiger partial charge on any atom is -0.472 e. The lowest BCUT2D eigenvalue weighted by molar-refractivity contribution is -0.139. The van der Waals surface area contributed by atoms with Gasteiger partial charge < -0.3 is 15.1 Å². The third-order valence-electron chi connectivity index (χ3n) is 3.98. The summed E-state index contributed by atoms with van der Waals surface area (Å²) in [6.07, 6.45) is 4.02. The van der Waals surface area contributed by atoms with Gasteiger partial charge in [-0.3, -0.25) is 9.59 Å². The van der Waals surface area contributed by atoms with Crippen LogP contribution in [-0.4, -0.2) is 18.4 Å². The summed E-state index contributed by atoms with van der Waals surface area (Å²) in [7, 11) is 0. The van der Waals surface area contributed by atoms with Gasteiger partial charge in [-0.15, -0.1) is 11.3 Å². The maximum atomic E-state index is 12.0. The first-order valence-corrected chi connectivity index (χ1v) is 9.20. The van der Waals surface area contributed by atoms with Gasteiger partial charge in [-0.05, 0) is 37.1 Å². The zero-order chi connectivity index (χ0) is 18.4. The zero-order valence-corrected chi connectivity index (χ0v) is 15.2. The van der Waals surface area contributed by atoms with Crippen LogP contribution in [0.2, 0.25) is 0 Å². The van der Waals surface area contributed by atoms with Crippen molar-refractivity contribution in [2.75, 3.05) is 6.54 Å². The molecular weight excluding hydrogens is 348 g/mol. The van der Waals surface area contributed by atoms with E-state index in [1.807, 2.05) is 55.5 Å². The van der Waals surface area contributed by atoms with E-state index in [1.165, 1.54) is 0 Å². The average molecular weight is 368 g/mol. The molecule has 0 aliphatic rings. The molecule has 1 aromatic carbocycles. The van der Waals surface area contributed by atoms with Gasteiger partial charge in [-0.2, -0.15) is 0 Å². The fraction of sp³-hybridized carbons (Fsp3) is 0.200. The fourth-order valence-corrected chi connectivity index (χ4v) is 3.53. The number of hydrogen-bond donors (Lipinski definition) is 2. The van der Waals surface area contributed by atoms with E-state index in [1.54, 1.807) is 23.9 Å². The molecule has 0 unspecified atom stereocenters. The molecule has 6 heteroatoms. The van der Waals surface area contributed by atoms with Crippen molar-refractivity contribution in [2.45, 2.75) is 19.4 Å². The Bertz CT molecular complexity index is 856. The van der Waals surface area contributed by atoms with Gasteiger partial charge in [0, 0.05) is 21.9 Å². The predicted molar refractivity (Wildman–Crippen MR) is 102 cm³/mol. The van der Waals surface area contributed by atoms with Crippen LogP contribution in [0.1, 0.15) is 23.4 Å². The highest BCUT2D eigenvalue weighted by molar-refractivity contribution is 7.15. The third-order valence-corrected chi connectivity index (χ3v) is 5.17. The normalized spacial score (nSPS) is 11.7. The average Bonchev–Trinajstić information content (AvgIpc) is 3.34. The highest BCUT2D eigenvalue weighted by atomic mass is 32.1. The van der Waals surface area contributed by atoms with Crippen LogP contribution < -0.4 is 10.6 Å². The van der Waals surface area contributed by atoms with Crippen molar-refractivity contribution >= 4 is 23.2 Å². The van der Waals surface area contributed by atoms with E-state index in [9.17, 15) is 9.59 Å². The first kappa shape index (κ1) is 17.9. The monoisotopic (exact) mass is 368 g/mol. The number of nitrogens with one attached hydrogen (secondary N) is 2. The number of carbonyl (C=O) groups excluding carboxylic acids is 2. The van der Waals surface area contributed by atoms with Crippen molar-refractivity contribution in [1.82, 2.24) is 10.6 Å². The van der Waals surface area contributed by atoms with Gasteiger partial charge in [-0.1, -0.05) is 30.3 Å². The Morgan fingerprint density at radius 2 is 1.88 bits per heavy atom. The number of thiophene rings is 1. The Balaban J connectivity index is 1.44. The molecule has 0 aliphatic carbocycles. The zero-order valence-electron chi connectivity index (χ0n) is 14.4. The summed E-state index contributed by atoms with van der Waals surface area (Å²) in [5.74, 6) is -1.23. The van der Waals surface area contributed by atoms with Crippen LogP contribution in [0.15, 0.2) is 65.5 Å². The second-order valence-electron chi connectivity index (χ2n) is 5.89. The van der Waals surface area contributed by atoms with Gasteiger partial charge in [0.2, 0.25) is 0 Å². The van der Waals surface area contributed by atoms with Crippen molar-refractivity contribution in [3.05, 3.63) is 71.5 Å². The van der Waals surface area contributed by atoms with Crippen LogP contribution in [0.25, 0.3) is 10.4 Å². The van der Waals surface area contributed by atoms with E-state index >= 15 is 0 Å². The SMILES string of the molecule is C[C@H](NC(=O)C(=O)NCCc1ccc(-c2ccoc2)s1)c1ccccc1. The Labute approximate surface area is 156 Å². The summed E-state index contributed by atoms with van der Waals surface area (Å²) < 4.78 is 5.09. The molecule has 0 saturated carbocycles. The Morgan fingerprint density at radius 3 is 2.62 bits per heavy atom. The molecule has 3 aromatic rings. The largest absolute Gasteiger partial charge is 0.472 e. The maximum absolute atomic E-state index is 12.0. The summed E-state index contributed by atoms with van der Waals surface area (Å²) in [5.41, 5.74) is 2.00. The summed E-state index contributed by atoms with van der Waals surface area (Å²) in [6.45, 7) is 2.26. The van der Waals surface area contributed by atoms with Gasteiger partial charge in [-0.25, -0.2) is 0 Å². The lowest BCUT2D eigenvalue weighted by Crippen LogP contribution is -2.41. The van der Waals surface area contributed by atoms with Gasteiger partial charge >= 0.3 is 11.8 Å². The molecule has 26 heavy (non-hydrogen) atoms. The molecular formula is C20H20N2O3S. The molecule has 0 spiro atoms. The van der Waals surface area contributed by atoms with Gasteiger partial charge in [0.05, 0.1) is 18.6 Å². The van der Waals surface area contributed by atoms with Crippen molar-refractivity contribution < 1.29 is 14.0 Å². The topological polar surface area (TPSA) is 71.3 Å². The van der Waals surface area contributed by atoms with E-state index in [0.29, 0.717) is 13.0 Å². The smallest absolute Gasteiger partial charge is 0.309 e.